The summed E-state index contributed by atoms with van der Waals surface area (Å²) in [6.45, 7) is 5.14. The van der Waals surface area contributed by atoms with Gasteiger partial charge in [-0.25, -0.2) is 0 Å². The molecule has 0 heterocycles. The van der Waals surface area contributed by atoms with E-state index in [0.29, 0.717) is 5.69 Å². The lowest BCUT2D eigenvalue weighted by Crippen LogP contribution is -2.38. The van der Waals surface area contributed by atoms with Crippen LogP contribution in [0, 0.1) is 21.9 Å². The van der Waals surface area contributed by atoms with Crippen LogP contribution in [0.25, 0.3) is 0 Å². The summed E-state index contributed by atoms with van der Waals surface area (Å²) in [6, 6.07) is 4.90. The van der Waals surface area contributed by atoms with Gasteiger partial charge in [-0.05, 0) is 35.9 Å². The first-order chi connectivity index (χ1) is 7.86. The molecule has 0 aliphatic heterocycles. The molecule has 0 spiro atoms. The fraction of sp³-hybridized carbons (Fsp3) is 0.455. The highest BCUT2D eigenvalue weighted by atomic mass is 16.6. The van der Waals surface area contributed by atoms with Crippen LogP contribution in [-0.4, -0.2) is 17.0 Å². The molecule has 0 saturated carbocycles. The molecule has 6 heteroatoms. The average Bonchev–Trinajstić information content (AvgIpc) is 2.27. The molecule has 1 aromatic carbocycles. The maximum absolute atomic E-state index is 10.7. The van der Waals surface area contributed by atoms with Gasteiger partial charge in [-0.2, -0.15) is 0 Å². The minimum Gasteiger partial charge on any atom is -0.378 e. The van der Waals surface area contributed by atoms with E-state index < -0.39 is 5.54 Å². The molecule has 0 amide bonds. The third-order valence-electron chi connectivity index (χ3n) is 2.52. The minimum atomic E-state index is -1.03. The van der Waals surface area contributed by atoms with E-state index in [1.54, 1.807) is 32.0 Å². The van der Waals surface area contributed by atoms with Crippen LogP contribution in [-0.2, 0) is 0 Å². The van der Waals surface area contributed by atoms with Crippen LogP contribution < -0.4 is 5.32 Å². The van der Waals surface area contributed by atoms with Crippen LogP contribution in [0.1, 0.15) is 19.4 Å². The minimum absolute atomic E-state index is 0.217. The van der Waals surface area contributed by atoms with Crippen molar-refractivity contribution < 1.29 is 4.92 Å². The summed E-state index contributed by atoms with van der Waals surface area (Å²) in [5.74, 6) is 0. The first-order valence-corrected chi connectivity index (χ1v) is 5.19. The van der Waals surface area contributed by atoms with Gasteiger partial charge in [0.05, 0.1) is 6.54 Å². The summed E-state index contributed by atoms with van der Waals surface area (Å²) >= 11 is 0. The quantitative estimate of drug-likeness (QED) is 0.484. The Morgan fingerprint density at radius 3 is 2.59 bits per heavy atom. The number of hydrogen-bond acceptors (Lipinski definition) is 5. The Kier molecular flexibility index (Phi) is 3.77. The summed E-state index contributed by atoms with van der Waals surface area (Å²) in [7, 11) is 0. The molecular weight excluding hydrogens is 222 g/mol. The molecule has 0 unspecified atom stereocenters. The molecule has 0 aliphatic carbocycles. The molecule has 6 nitrogen and oxygen atoms in total. The van der Waals surface area contributed by atoms with Gasteiger partial charge in [0.25, 0.3) is 0 Å². The molecule has 0 fully saturated rings. The summed E-state index contributed by atoms with van der Waals surface area (Å²) in [4.78, 5) is 20.7. The monoisotopic (exact) mass is 237 g/mol. The summed E-state index contributed by atoms with van der Waals surface area (Å²) < 4.78 is 0. The van der Waals surface area contributed by atoms with E-state index in [0.717, 1.165) is 11.3 Å². The van der Waals surface area contributed by atoms with E-state index in [1.165, 1.54) is 0 Å². The van der Waals surface area contributed by atoms with Gasteiger partial charge in [0.1, 0.15) is 5.69 Å². The topological polar surface area (TPSA) is 84.6 Å². The Labute approximate surface area is 99.2 Å². The summed E-state index contributed by atoms with van der Waals surface area (Å²) in [6.07, 6.45) is 0. The van der Waals surface area contributed by atoms with Gasteiger partial charge >= 0.3 is 0 Å². The summed E-state index contributed by atoms with van der Waals surface area (Å²) in [5, 5.41) is 16.6. The number of anilines is 1. The van der Waals surface area contributed by atoms with Crippen molar-refractivity contribution in [1.29, 1.82) is 0 Å². The zero-order valence-corrected chi connectivity index (χ0v) is 10.1. The summed E-state index contributed by atoms with van der Waals surface area (Å²) in [5.41, 5.74) is 0.920. The van der Waals surface area contributed by atoms with Crippen molar-refractivity contribution in [3.05, 3.63) is 38.8 Å². The SMILES string of the molecule is Cc1cc(N=O)ccc1NCC(C)(C)[N+](=O)[O-]. The Hall–Kier alpha value is -1.98. The van der Waals surface area contributed by atoms with E-state index in [2.05, 4.69) is 10.5 Å². The molecule has 0 aliphatic rings. The van der Waals surface area contributed by atoms with Gasteiger partial charge in [0, 0.05) is 24.5 Å². The molecule has 0 saturated heterocycles. The van der Waals surface area contributed by atoms with Gasteiger partial charge in [0.15, 0.2) is 0 Å². The molecule has 0 bridgehead atoms. The molecule has 1 N–H and O–H groups in total. The third-order valence-corrected chi connectivity index (χ3v) is 2.52. The molecule has 1 aromatic rings. The van der Waals surface area contributed by atoms with Crippen molar-refractivity contribution in [1.82, 2.24) is 0 Å². The number of benzene rings is 1. The van der Waals surface area contributed by atoms with Crippen LogP contribution in [0.2, 0.25) is 0 Å². The number of nitro groups is 1. The van der Waals surface area contributed by atoms with Gasteiger partial charge in [-0.3, -0.25) is 10.1 Å². The Balaban J connectivity index is 2.76. The van der Waals surface area contributed by atoms with E-state index in [4.69, 9.17) is 0 Å². The van der Waals surface area contributed by atoms with Crippen LogP contribution in [0.4, 0.5) is 11.4 Å². The van der Waals surface area contributed by atoms with Crippen molar-refractivity contribution >= 4 is 11.4 Å². The lowest BCUT2D eigenvalue weighted by Gasteiger charge is -2.18. The van der Waals surface area contributed by atoms with E-state index >= 15 is 0 Å². The number of rotatable bonds is 5. The fourth-order valence-corrected chi connectivity index (χ4v) is 1.28. The van der Waals surface area contributed by atoms with Crippen LogP contribution in [0.15, 0.2) is 23.4 Å². The van der Waals surface area contributed by atoms with E-state index in [-0.39, 0.29) is 11.5 Å². The molecule has 0 atom stereocenters. The third kappa shape index (κ3) is 3.24. The maximum atomic E-state index is 10.7. The van der Waals surface area contributed by atoms with Gasteiger partial charge < -0.3 is 5.32 Å². The normalized spacial score (nSPS) is 11.0. The standard InChI is InChI=1S/C11H15N3O3/c1-8-6-9(13-15)4-5-10(8)12-7-11(2,3)14(16)17/h4-6,12H,7H2,1-3H3. The van der Waals surface area contributed by atoms with Crippen molar-refractivity contribution in [2.45, 2.75) is 26.3 Å². The van der Waals surface area contributed by atoms with Gasteiger partial charge in [-0.15, -0.1) is 4.91 Å². The highest BCUT2D eigenvalue weighted by molar-refractivity contribution is 5.57. The highest BCUT2D eigenvalue weighted by Crippen LogP contribution is 2.22. The Morgan fingerprint density at radius 2 is 2.12 bits per heavy atom. The maximum Gasteiger partial charge on any atom is 0.233 e. The fourth-order valence-electron chi connectivity index (χ4n) is 1.28. The van der Waals surface area contributed by atoms with Crippen LogP contribution >= 0.6 is 0 Å². The lowest BCUT2D eigenvalue weighted by atomic mass is 10.1. The second-order valence-corrected chi connectivity index (χ2v) is 4.51. The predicted molar refractivity (Wildman–Crippen MR) is 66.2 cm³/mol. The largest absolute Gasteiger partial charge is 0.378 e. The molecule has 1 rings (SSSR count). The Bertz CT molecular complexity index is 444. The Morgan fingerprint density at radius 1 is 1.47 bits per heavy atom. The smallest absolute Gasteiger partial charge is 0.233 e. The number of nitroso groups, excluding NO2 is 1. The van der Waals surface area contributed by atoms with E-state index in [9.17, 15) is 15.0 Å². The zero-order chi connectivity index (χ0) is 13.1. The zero-order valence-electron chi connectivity index (χ0n) is 10.1. The average molecular weight is 237 g/mol. The molecular formula is C11H15N3O3. The molecule has 17 heavy (non-hydrogen) atoms. The second kappa shape index (κ2) is 4.90. The van der Waals surface area contributed by atoms with Crippen molar-refractivity contribution in [2.24, 2.45) is 5.18 Å². The molecule has 0 radical (unpaired) electrons. The number of nitrogens with zero attached hydrogens (tertiary/aromatic N) is 2. The van der Waals surface area contributed by atoms with Crippen molar-refractivity contribution in [3.8, 4) is 0 Å². The number of nitrogens with one attached hydrogen (secondary N) is 1. The first-order valence-electron chi connectivity index (χ1n) is 5.19. The van der Waals surface area contributed by atoms with Gasteiger partial charge in [-0.1, -0.05) is 0 Å². The van der Waals surface area contributed by atoms with Gasteiger partial charge in [0.2, 0.25) is 5.54 Å². The lowest BCUT2D eigenvalue weighted by molar-refractivity contribution is -0.556. The van der Waals surface area contributed by atoms with Crippen LogP contribution in [0.5, 0.6) is 0 Å². The number of hydrogen-bond donors (Lipinski definition) is 1. The van der Waals surface area contributed by atoms with Crippen LogP contribution in [0.3, 0.4) is 0 Å². The molecule has 0 aromatic heterocycles. The highest BCUT2D eigenvalue weighted by Gasteiger charge is 2.30. The first kappa shape index (κ1) is 13.1. The van der Waals surface area contributed by atoms with Crippen molar-refractivity contribution in [3.63, 3.8) is 0 Å². The second-order valence-electron chi connectivity index (χ2n) is 4.51. The van der Waals surface area contributed by atoms with Crippen molar-refractivity contribution in [2.75, 3.05) is 11.9 Å². The number of aryl methyl sites for hydroxylation is 1. The van der Waals surface area contributed by atoms with E-state index in [1.807, 2.05) is 6.92 Å². The predicted octanol–water partition coefficient (Wildman–Crippen LogP) is 2.86. The molecule has 92 valence electrons.